The summed E-state index contributed by atoms with van der Waals surface area (Å²) in [5, 5.41) is 7.92. The van der Waals surface area contributed by atoms with Crippen LogP contribution in [0.1, 0.15) is 12.0 Å². The summed E-state index contributed by atoms with van der Waals surface area (Å²) in [6.45, 7) is 0.766. The van der Waals surface area contributed by atoms with E-state index in [0.717, 1.165) is 16.5 Å². The molecule has 3 aromatic rings. The van der Waals surface area contributed by atoms with Crippen LogP contribution in [0.2, 0.25) is 0 Å². The van der Waals surface area contributed by atoms with E-state index in [2.05, 4.69) is 15.4 Å². The van der Waals surface area contributed by atoms with E-state index >= 15 is 0 Å². The Labute approximate surface area is 133 Å². The van der Waals surface area contributed by atoms with Gasteiger partial charge in [-0.15, -0.1) is 0 Å². The van der Waals surface area contributed by atoms with Gasteiger partial charge >= 0.3 is 0 Å². The van der Waals surface area contributed by atoms with Gasteiger partial charge in [0.1, 0.15) is 0 Å². The Hall–Kier alpha value is -2.89. The second-order valence-corrected chi connectivity index (χ2v) is 5.29. The summed E-state index contributed by atoms with van der Waals surface area (Å²) in [6, 6.07) is 11.1. The SMILES string of the molecule is O=C(CCc1c[nH]c2ccccc12)NCCn1ncccc1=O. The van der Waals surface area contributed by atoms with E-state index in [4.69, 9.17) is 0 Å². The molecule has 2 aromatic heterocycles. The smallest absolute Gasteiger partial charge is 0.266 e. The van der Waals surface area contributed by atoms with Gasteiger partial charge in [-0.1, -0.05) is 18.2 Å². The highest BCUT2D eigenvalue weighted by molar-refractivity contribution is 5.84. The number of hydrogen-bond acceptors (Lipinski definition) is 3. The molecule has 0 fully saturated rings. The topological polar surface area (TPSA) is 79.8 Å². The third-order valence-electron chi connectivity index (χ3n) is 3.73. The van der Waals surface area contributed by atoms with E-state index < -0.39 is 0 Å². The third kappa shape index (κ3) is 3.66. The van der Waals surface area contributed by atoms with Gasteiger partial charge in [-0.2, -0.15) is 5.10 Å². The summed E-state index contributed by atoms with van der Waals surface area (Å²) in [7, 11) is 0. The van der Waals surface area contributed by atoms with Crippen molar-refractivity contribution in [2.45, 2.75) is 19.4 Å². The number of carbonyl (C=O) groups excluding carboxylic acids is 1. The van der Waals surface area contributed by atoms with Crippen LogP contribution in [-0.2, 0) is 17.8 Å². The maximum absolute atomic E-state index is 11.9. The maximum atomic E-state index is 11.9. The first-order chi connectivity index (χ1) is 11.2. The van der Waals surface area contributed by atoms with Crippen LogP contribution in [0.3, 0.4) is 0 Å². The summed E-state index contributed by atoms with van der Waals surface area (Å²) in [6.07, 6.45) is 4.60. The number of fused-ring (bicyclic) bond motifs is 1. The van der Waals surface area contributed by atoms with Gasteiger partial charge in [-0.25, -0.2) is 4.68 Å². The van der Waals surface area contributed by atoms with Crippen molar-refractivity contribution in [3.8, 4) is 0 Å². The van der Waals surface area contributed by atoms with E-state index in [1.54, 1.807) is 12.3 Å². The number of rotatable bonds is 6. The number of H-pyrrole nitrogens is 1. The van der Waals surface area contributed by atoms with Crippen molar-refractivity contribution in [3.05, 3.63) is 64.7 Å². The maximum Gasteiger partial charge on any atom is 0.266 e. The Morgan fingerprint density at radius 3 is 2.96 bits per heavy atom. The van der Waals surface area contributed by atoms with Crippen molar-refractivity contribution < 1.29 is 4.79 Å². The number of amides is 1. The molecule has 0 saturated carbocycles. The number of carbonyl (C=O) groups is 1. The number of para-hydroxylation sites is 1. The van der Waals surface area contributed by atoms with Crippen molar-refractivity contribution in [1.82, 2.24) is 20.1 Å². The molecule has 0 unspecified atom stereocenters. The highest BCUT2D eigenvalue weighted by Gasteiger charge is 2.06. The third-order valence-corrected chi connectivity index (χ3v) is 3.73. The molecular formula is C17H18N4O2. The molecule has 118 valence electrons. The Morgan fingerprint density at radius 1 is 1.22 bits per heavy atom. The van der Waals surface area contributed by atoms with E-state index in [9.17, 15) is 9.59 Å². The lowest BCUT2D eigenvalue weighted by molar-refractivity contribution is -0.121. The van der Waals surface area contributed by atoms with Gasteiger partial charge in [-0.05, 0) is 24.1 Å². The molecule has 0 atom stereocenters. The highest BCUT2D eigenvalue weighted by Crippen LogP contribution is 2.18. The van der Waals surface area contributed by atoms with Gasteiger partial charge < -0.3 is 10.3 Å². The molecule has 3 rings (SSSR count). The first kappa shape index (κ1) is 15.0. The predicted molar refractivity (Wildman–Crippen MR) is 88.1 cm³/mol. The summed E-state index contributed by atoms with van der Waals surface area (Å²) < 4.78 is 1.33. The van der Waals surface area contributed by atoms with Crippen LogP contribution in [0.4, 0.5) is 0 Å². The minimum atomic E-state index is -0.166. The number of benzene rings is 1. The molecule has 0 saturated heterocycles. The number of aromatic nitrogens is 3. The lowest BCUT2D eigenvalue weighted by atomic mass is 10.1. The molecule has 2 heterocycles. The number of aryl methyl sites for hydroxylation is 1. The number of hydrogen-bond donors (Lipinski definition) is 2. The zero-order valence-corrected chi connectivity index (χ0v) is 12.7. The standard InChI is InChI=1S/C17H18N4O2/c22-16(18-10-11-21-17(23)6-3-9-20-21)8-7-13-12-19-15-5-2-1-4-14(13)15/h1-6,9,12,19H,7-8,10-11H2,(H,18,22). The molecule has 0 aliphatic rings. The van der Waals surface area contributed by atoms with Crippen LogP contribution >= 0.6 is 0 Å². The summed E-state index contributed by atoms with van der Waals surface area (Å²) in [5.41, 5.74) is 2.05. The van der Waals surface area contributed by atoms with Crippen LogP contribution in [0.15, 0.2) is 53.6 Å². The van der Waals surface area contributed by atoms with E-state index in [1.165, 1.54) is 10.7 Å². The molecule has 23 heavy (non-hydrogen) atoms. The minimum Gasteiger partial charge on any atom is -0.361 e. The highest BCUT2D eigenvalue weighted by atomic mass is 16.1. The van der Waals surface area contributed by atoms with E-state index in [0.29, 0.717) is 25.9 Å². The fraction of sp³-hybridized carbons (Fsp3) is 0.235. The van der Waals surface area contributed by atoms with Gasteiger partial charge in [-0.3, -0.25) is 9.59 Å². The fourth-order valence-corrected chi connectivity index (χ4v) is 2.53. The van der Waals surface area contributed by atoms with Crippen molar-refractivity contribution in [2.24, 2.45) is 0 Å². The van der Waals surface area contributed by atoms with Crippen molar-refractivity contribution in [2.75, 3.05) is 6.54 Å². The lowest BCUT2D eigenvalue weighted by Gasteiger charge is -2.06. The summed E-state index contributed by atoms with van der Waals surface area (Å²) in [4.78, 5) is 26.6. The molecular weight excluding hydrogens is 292 g/mol. The van der Waals surface area contributed by atoms with E-state index in [-0.39, 0.29) is 11.5 Å². The van der Waals surface area contributed by atoms with Crippen molar-refractivity contribution >= 4 is 16.8 Å². The van der Waals surface area contributed by atoms with E-state index in [1.807, 2.05) is 30.5 Å². The molecule has 0 aliphatic heterocycles. The average molecular weight is 310 g/mol. The van der Waals surface area contributed by atoms with Gasteiger partial charge in [0.05, 0.1) is 6.54 Å². The molecule has 0 aliphatic carbocycles. The molecule has 1 aromatic carbocycles. The first-order valence-corrected chi connectivity index (χ1v) is 7.58. The Kier molecular flexibility index (Phi) is 4.52. The molecule has 0 bridgehead atoms. The molecule has 2 N–H and O–H groups in total. The second kappa shape index (κ2) is 6.91. The quantitative estimate of drug-likeness (QED) is 0.723. The molecule has 1 amide bonds. The van der Waals surface area contributed by atoms with Crippen LogP contribution in [0, 0.1) is 0 Å². The Bertz CT molecular complexity index is 866. The van der Waals surface area contributed by atoms with Gasteiger partial charge in [0.25, 0.3) is 5.56 Å². The monoisotopic (exact) mass is 310 g/mol. The summed E-state index contributed by atoms with van der Waals surface area (Å²) in [5.74, 6) is -0.0285. The molecule has 0 radical (unpaired) electrons. The zero-order chi connectivity index (χ0) is 16.1. The largest absolute Gasteiger partial charge is 0.361 e. The molecule has 6 heteroatoms. The molecule has 0 spiro atoms. The predicted octanol–water partition coefficient (Wildman–Crippen LogP) is 1.47. The lowest BCUT2D eigenvalue weighted by Crippen LogP contribution is -2.31. The number of aromatic amines is 1. The van der Waals surface area contributed by atoms with Gasteiger partial charge in [0.15, 0.2) is 0 Å². The normalized spacial score (nSPS) is 10.8. The van der Waals surface area contributed by atoms with Crippen molar-refractivity contribution in [3.63, 3.8) is 0 Å². The summed E-state index contributed by atoms with van der Waals surface area (Å²) >= 11 is 0. The molecule has 6 nitrogen and oxygen atoms in total. The first-order valence-electron chi connectivity index (χ1n) is 7.58. The van der Waals surface area contributed by atoms with Gasteiger partial charge in [0, 0.05) is 42.3 Å². The van der Waals surface area contributed by atoms with Crippen LogP contribution < -0.4 is 10.9 Å². The van der Waals surface area contributed by atoms with Crippen molar-refractivity contribution in [1.29, 1.82) is 0 Å². The number of nitrogens with zero attached hydrogens (tertiary/aromatic N) is 2. The Morgan fingerprint density at radius 2 is 2.09 bits per heavy atom. The second-order valence-electron chi connectivity index (χ2n) is 5.29. The van der Waals surface area contributed by atoms with Gasteiger partial charge in [0.2, 0.25) is 5.91 Å². The number of nitrogens with one attached hydrogen (secondary N) is 2. The van der Waals surface area contributed by atoms with Crippen LogP contribution in [0.25, 0.3) is 10.9 Å². The Balaban J connectivity index is 1.48. The zero-order valence-electron chi connectivity index (χ0n) is 12.7. The fourth-order valence-electron chi connectivity index (χ4n) is 2.53. The van der Waals surface area contributed by atoms with Crippen LogP contribution in [0.5, 0.6) is 0 Å². The minimum absolute atomic E-state index is 0.0285. The average Bonchev–Trinajstić information content (AvgIpc) is 2.98. The van der Waals surface area contributed by atoms with Crippen LogP contribution in [-0.4, -0.2) is 27.2 Å².